The minimum absolute atomic E-state index is 0.00839. The van der Waals surface area contributed by atoms with Gasteiger partial charge in [-0.25, -0.2) is 22.2 Å². The summed E-state index contributed by atoms with van der Waals surface area (Å²) in [4.78, 5) is 18.7. The van der Waals surface area contributed by atoms with Crippen molar-refractivity contribution in [2.75, 3.05) is 24.2 Å². The predicted molar refractivity (Wildman–Crippen MR) is 202 cm³/mol. The van der Waals surface area contributed by atoms with Gasteiger partial charge in [0, 0.05) is 48.6 Å². The largest absolute Gasteiger partial charge is 0.435 e. The van der Waals surface area contributed by atoms with Crippen LogP contribution in [-0.4, -0.2) is 69.0 Å². The van der Waals surface area contributed by atoms with Crippen LogP contribution in [0.3, 0.4) is 0 Å². The number of fused-ring (bicyclic) bond motifs is 4. The maximum atomic E-state index is 15.4. The number of amides is 1. The molecule has 21 heteroatoms. The fourth-order valence-corrected chi connectivity index (χ4v) is 8.78. The van der Waals surface area contributed by atoms with E-state index in [1.165, 1.54) is 29.9 Å². The van der Waals surface area contributed by atoms with Crippen LogP contribution in [0.15, 0.2) is 42.5 Å². The molecule has 1 saturated heterocycles. The van der Waals surface area contributed by atoms with Crippen molar-refractivity contribution in [3.8, 4) is 23.0 Å². The van der Waals surface area contributed by atoms with E-state index in [2.05, 4.69) is 32.1 Å². The van der Waals surface area contributed by atoms with Crippen molar-refractivity contribution >= 4 is 44.3 Å². The number of benzene rings is 2. The van der Waals surface area contributed by atoms with E-state index in [9.17, 15) is 40.3 Å². The lowest BCUT2D eigenvalue weighted by atomic mass is 9.93. The second kappa shape index (κ2) is 14.7. The Morgan fingerprint density at radius 3 is 2.43 bits per heavy atom. The molecule has 8 rings (SSSR count). The molecule has 60 heavy (non-hydrogen) atoms. The Hall–Kier alpha value is -5.23. The van der Waals surface area contributed by atoms with E-state index in [0.717, 1.165) is 18.4 Å². The maximum Gasteiger partial charge on any atom is 0.435 e. The van der Waals surface area contributed by atoms with Gasteiger partial charge in [0.15, 0.2) is 11.5 Å². The van der Waals surface area contributed by atoms with Gasteiger partial charge in [0.25, 0.3) is 5.92 Å². The Morgan fingerprint density at radius 2 is 1.77 bits per heavy atom. The van der Waals surface area contributed by atoms with Crippen molar-refractivity contribution < 1.29 is 53.8 Å². The van der Waals surface area contributed by atoms with Crippen LogP contribution >= 0.6 is 11.6 Å². The van der Waals surface area contributed by atoms with Crippen LogP contribution < -0.4 is 10.0 Å². The van der Waals surface area contributed by atoms with Crippen molar-refractivity contribution in [2.24, 2.45) is 13.0 Å². The lowest BCUT2D eigenvalue weighted by Gasteiger charge is -2.26. The number of rotatable bonds is 9. The number of sulfonamides is 1. The summed E-state index contributed by atoms with van der Waals surface area (Å²) in [5.74, 6) is -3.64. The van der Waals surface area contributed by atoms with Gasteiger partial charge in [0.1, 0.15) is 35.2 Å². The molecule has 5 aromatic rings. The molecule has 3 atom stereocenters. The van der Waals surface area contributed by atoms with Crippen molar-refractivity contribution in [3.05, 3.63) is 93.0 Å². The fourth-order valence-electron chi connectivity index (χ4n) is 8.04. The predicted octanol–water partition coefficient (Wildman–Crippen LogP) is 6.36. The second-order valence-electron chi connectivity index (χ2n) is 15.1. The second-order valence-corrected chi connectivity index (χ2v) is 17.3. The zero-order valence-electron chi connectivity index (χ0n) is 31.5. The molecule has 1 unspecified atom stereocenters. The third-order valence-electron chi connectivity index (χ3n) is 10.7. The van der Waals surface area contributed by atoms with Crippen LogP contribution in [0.1, 0.15) is 65.1 Å². The van der Waals surface area contributed by atoms with E-state index in [0.29, 0.717) is 16.3 Å². The summed E-state index contributed by atoms with van der Waals surface area (Å²) < 4.78 is 136. The molecule has 2 aliphatic carbocycles. The third-order valence-corrected chi connectivity index (χ3v) is 11.6. The molecule has 0 spiro atoms. The van der Waals surface area contributed by atoms with Gasteiger partial charge in [-0.05, 0) is 60.6 Å². The first kappa shape index (κ1) is 41.5. The Kier molecular flexibility index (Phi) is 10.2. The molecule has 3 aromatic heterocycles. The normalized spacial score (nSPS) is 19.6. The van der Waals surface area contributed by atoms with Crippen LogP contribution in [0.2, 0.25) is 5.02 Å². The number of pyridine rings is 1. The Balaban J connectivity index is 1.28. The molecule has 316 valence electrons. The average molecular weight is 880 g/mol. The van der Waals surface area contributed by atoms with E-state index in [-0.39, 0.29) is 76.7 Å². The first-order chi connectivity index (χ1) is 28.1. The first-order valence-corrected chi connectivity index (χ1v) is 20.7. The van der Waals surface area contributed by atoms with Gasteiger partial charge in [-0.1, -0.05) is 23.6 Å². The van der Waals surface area contributed by atoms with Crippen molar-refractivity contribution in [1.82, 2.24) is 29.9 Å². The van der Waals surface area contributed by atoms with Crippen LogP contribution in [0.5, 0.6) is 0 Å². The monoisotopic (exact) mass is 879 g/mol. The number of aromatic nitrogens is 5. The molecule has 1 amide bonds. The molecule has 3 N–H and O–H groups in total. The average Bonchev–Trinajstić information content (AvgIpc) is 3.68. The molecule has 1 aliphatic heterocycles. The highest BCUT2D eigenvalue weighted by Gasteiger charge is 2.68. The smallest absolute Gasteiger partial charge is 0.381 e. The van der Waals surface area contributed by atoms with Gasteiger partial charge >= 0.3 is 6.18 Å². The van der Waals surface area contributed by atoms with Gasteiger partial charge < -0.3 is 15.2 Å². The number of nitrogens with one attached hydrogen (secondary N) is 2. The molecule has 0 radical (unpaired) electrons. The van der Waals surface area contributed by atoms with Crippen molar-refractivity contribution in [1.29, 1.82) is 0 Å². The van der Waals surface area contributed by atoms with Gasteiger partial charge in [-0.15, -0.1) is 0 Å². The summed E-state index contributed by atoms with van der Waals surface area (Å²) in [7, 11) is -2.36. The van der Waals surface area contributed by atoms with Crippen LogP contribution in [-0.2, 0) is 51.7 Å². The maximum absolute atomic E-state index is 15.4. The SMILES string of the molecule is Cn1nc(NS(C)(=O)=O)c2c(Cl)ccc(-c3ccc(C#CC4(O)CCOCC4)nc3[C@H](Cc3cc(F)cc(F)c3)NC(=O)Cn3nc(C(F)(F)F)c4c3C(F)(F)C3C[C@H]43)c21. The van der Waals surface area contributed by atoms with Crippen LogP contribution in [0.25, 0.3) is 22.0 Å². The van der Waals surface area contributed by atoms with Crippen molar-refractivity contribution in [2.45, 2.75) is 61.9 Å². The quantitative estimate of drug-likeness (QED) is 0.114. The highest BCUT2D eigenvalue weighted by molar-refractivity contribution is 7.92. The molecule has 2 fully saturated rings. The highest BCUT2D eigenvalue weighted by atomic mass is 35.5. The lowest BCUT2D eigenvalue weighted by Crippen LogP contribution is -2.35. The Labute approximate surface area is 342 Å². The third kappa shape index (κ3) is 7.90. The van der Waals surface area contributed by atoms with E-state index in [4.69, 9.17) is 21.3 Å². The van der Waals surface area contributed by atoms with Crippen LogP contribution in [0.4, 0.5) is 36.6 Å². The summed E-state index contributed by atoms with van der Waals surface area (Å²) in [6, 6.07) is 7.20. The molecule has 1 saturated carbocycles. The summed E-state index contributed by atoms with van der Waals surface area (Å²) in [6.45, 7) is -0.615. The number of carbonyl (C=O) groups excluding carboxylic acids is 1. The molecular formula is C39H33ClF7N7O5S. The topological polar surface area (TPSA) is 153 Å². The minimum Gasteiger partial charge on any atom is -0.381 e. The number of nitrogens with zero attached hydrogens (tertiary/aromatic N) is 5. The van der Waals surface area contributed by atoms with Crippen molar-refractivity contribution in [3.63, 3.8) is 0 Å². The molecule has 3 aliphatic rings. The van der Waals surface area contributed by atoms with Gasteiger partial charge in [-0.3, -0.25) is 18.9 Å². The molecule has 12 nitrogen and oxygen atoms in total. The zero-order chi connectivity index (χ0) is 43.1. The molecule has 2 aromatic carbocycles. The number of aliphatic hydroxyl groups is 1. The van der Waals surface area contributed by atoms with Crippen LogP contribution in [0, 0.1) is 29.4 Å². The lowest BCUT2D eigenvalue weighted by molar-refractivity contribution is -0.142. The zero-order valence-corrected chi connectivity index (χ0v) is 33.0. The number of alkyl halides is 5. The summed E-state index contributed by atoms with van der Waals surface area (Å²) >= 11 is 6.59. The standard InChI is InChI=1S/C39H33ClF7N7O5S/c1-53-33-24(5-6-27(40)31(33)36(51-53)52-60(2,57)58)23-4-3-22(7-8-37(56)9-11-59-12-10-37)48-32(23)28(15-19-13-20(41)16-21(42)14-19)49-29(55)18-54-35-30(34(50-54)39(45,46)47)25-17-26(25)38(35,43)44/h3-6,13-14,16,25-26,28,56H,9-12,15,17-18H2,1-2H3,(H,49,55)(H,51,52)/t25-,26?,28-/m0/s1. The molecule has 0 bridgehead atoms. The van der Waals surface area contributed by atoms with E-state index < -0.39 is 93.1 Å². The fraction of sp³-hybridized carbons (Fsp3) is 0.385. The van der Waals surface area contributed by atoms with Gasteiger partial charge in [0.2, 0.25) is 15.9 Å². The minimum atomic E-state index is -5.09. The number of ether oxygens (including phenoxy) is 1. The summed E-state index contributed by atoms with van der Waals surface area (Å²) in [5, 5.41) is 21.7. The van der Waals surface area contributed by atoms with E-state index >= 15 is 8.78 Å². The number of halogens is 8. The Morgan fingerprint density at radius 1 is 1.08 bits per heavy atom. The van der Waals surface area contributed by atoms with Gasteiger partial charge in [-0.2, -0.15) is 32.1 Å². The molecular weight excluding hydrogens is 847 g/mol. The van der Waals surface area contributed by atoms with Gasteiger partial charge in [0.05, 0.1) is 47.1 Å². The Bertz CT molecular complexity index is 2740. The number of aryl methyl sites for hydroxylation is 1. The first-order valence-electron chi connectivity index (χ1n) is 18.4. The number of hydrogen-bond acceptors (Lipinski definition) is 8. The molecule has 4 heterocycles. The number of hydrogen-bond donors (Lipinski definition) is 3. The number of carbonyl (C=O) groups is 1. The van der Waals surface area contributed by atoms with E-state index in [1.54, 1.807) is 6.07 Å². The summed E-state index contributed by atoms with van der Waals surface area (Å²) in [6.07, 6.45) is -4.36. The summed E-state index contributed by atoms with van der Waals surface area (Å²) in [5.41, 5.74) is -3.80. The number of anilines is 1. The highest BCUT2D eigenvalue weighted by Crippen LogP contribution is 2.68. The van der Waals surface area contributed by atoms with E-state index in [1.807, 2.05) is 0 Å².